The lowest BCUT2D eigenvalue weighted by atomic mass is 9.89. The summed E-state index contributed by atoms with van der Waals surface area (Å²) >= 11 is 1.82. The van der Waals surface area contributed by atoms with Gasteiger partial charge in [0.15, 0.2) is 5.84 Å². The average Bonchev–Trinajstić information content (AvgIpc) is 3.79. The molecule has 1 aliphatic heterocycles. The molecule has 4 heterocycles. The zero-order valence-corrected chi connectivity index (χ0v) is 28.8. The van der Waals surface area contributed by atoms with Gasteiger partial charge in [-0.2, -0.15) is 0 Å². The summed E-state index contributed by atoms with van der Waals surface area (Å²) in [5.74, 6) is 0.690. The first-order valence-electron chi connectivity index (χ1n) is 17.6. The molecule has 10 aromatic rings. The van der Waals surface area contributed by atoms with Crippen molar-refractivity contribution in [3.63, 3.8) is 0 Å². The minimum absolute atomic E-state index is 0.158. The molecule has 0 spiro atoms. The van der Waals surface area contributed by atoms with Gasteiger partial charge in [-0.05, 0) is 40.1 Å². The van der Waals surface area contributed by atoms with E-state index in [1.165, 1.54) is 31.1 Å². The van der Waals surface area contributed by atoms with Gasteiger partial charge in [0, 0.05) is 43.6 Å². The van der Waals surface area contributed by atoms with Gasteiger partial charge in [-0.3, -0.25) is 4.99 Å². The highest BCUT2D eigenvalue weighted by Crippen LogP contribution is 2.44. The Bertz CT molecular complexity index is 3120. The number of furan rings is 1. The van der Waals surface area contributed by atoms with Gasteiger partial charge in [0.25, 0.3) is 0 Å². The number of aromatic nitrogens is 1. The van der Waals surface area contributed by atoms with Crippen molar-refractivity contribution >= 4 is 86.7 Å². The van der Waals surface area contributed by atoms with Crippen molar-refractivity contribution in [2.75, 3.05) is 0 Å². The normalized spacial score (nSPS) is 14.9. The monoisotopic (exact) mass is 683 g/mol. The van der Waals surface area contributed by atoms with Crippen LogP contribution >= 0.6 is 11.3 Å². The van der Waals surface area contributed by atoms with Crippen LogP contribution in [0.15, 0.2) is 172 Å². The Kier molecular flexibility index (Phi) is 6.51. The van der Waals surface area contributed by atoms with Crippen LogP contribution in [0.1, 0.15) is 29.2 Å². The molecule has 5 heteroatoms. The molecule has 0 radical (unpaired) electrons. The van der Waals surface area contributed by atoms with Crippen molar-refractivity contribution in [2.45, 2.75) is 12.5 Å². The Morgan fingerprint density at radius 3 is 2.10 bits per heavy atom. The number of aliphatic imine (C=N–C) groups is 2. The van der Waals surface area contributed by atoms with E-state index in [9.17, 15) is 0 Å². The second kappa shape index (κ2) is 11.6. The fourth-order valence-electron chi connectivity index (χ4n) is 8.03. The predicted octanol–water partition coefficient (Wildman–Crippen LogP) is 12.7. The van der Waals surface area contributed by atoms with E-state index in [0.717, 1.165) is 66.3 Å². The third kappa shape index (κ3) is 4.49. The highest BCUT2D eigenvalue weighted by atomic mass is 32.1. The molecule has 244 valence electrons. The molecular formula is C47H29N3OS. The summed E-state index contributed by atoms with van der Waals surface area (Å²) < 4.78 is 8.98. The first-order chi connectivity index (χ1) is 25.8. The molecule has 1 unspecified atom stereocenters. The quantitative estimate of drug-likeness (QED) is 0.185. The van der Waals surface area contributed by atoms with Crippen LogP contribution in [0.5, 0.6) is 0 Å². The molecule has 52 heavy (non-hydrogen) atoms. The van der Waals surface area contributed by atoms with Gasteiger partial charge >= 0.3 is 0 Å². The molecule has 0 saturated carbocycles. The highest BCUT2D eigenvalue weighted by molar-refractivity contribution is 7.26. The number of nitrogens with zero attached hydrogens (tertiary/aromatic N) is 3. The number of rotatable bonds is 4. The summed E-state index contributed by atoms with van der Waals surface area (Å²) in [7, 11) is 0. The summed E-state index contributed by atoms with van der Waals surface area (Å²) in [6.07, 6.45) is 0.682. The summed E-state index contributed by atoms with van der Waals surface area (Å²) in [5, 5.41) is 8.10. The van der Waals surface area contributed by atoms with Crippen LogP contribution in [0.3, 0.4) is 0 Å². The number of thiophene rings is 1. The van der Waals surface area contributed by atoms with E-state index in [2.05, 4.69) is 146 Å². The number of amidine groups is 1. The van der Waals surface area contributed by atoms with Gasteiger partial charge < -0.3 is 4.42 Å². The summed E-state index contributed by atoms with van der Waals surface area (Å²) in [6, 6.07) is 55.4. The van der Waals surface area contributed by atoms with Gasteiger partial charge in [-0.1, -0.05) is 140 Å². The molecule has 0 N–H and O–H groups in total. The third-order valence-corrected chi connectivity index (χ3v) is 11.6. The maximum absolute atomic E-state index is 6.48. The Morgan fingerprint density at radius 2 is 1.23 bits per heavy atom. The van der Waals surface area contributed by atoms with E-state index in [0.29, 0.717) is 12.3 Å². The smallest absolute Gasteiger partial charge is 0.159 e. The number of hydrogen-bond acceptors (Lipinski definition) is 5. The predicted molar refractivity (Wildman–Crippen MR) is 218 cm³/mol. The molecule has 3 aromatic heterocycles. The SMILES string of the molecule is c1ccc(C2=NC(c3cccc4c3oc3ccccc34)=NC(c3ccc(-c4nc5c6ccccc6sc5c5ccccc45)c4ccccc34)C2)cc1. The van der Waals surface area contributed by atoms with Crippen molar-refractivity contribution in [3.05, 3.63) is 174 Å². The summed E-state index contributed by atoms with van der Waals surface area (Å²) in [4.78, 5) is 16.1. The lowest BCUT2D eigenvalue weighted by Gasteiger charge is -2.23. The van der Waals surface area contributed by atoms with Crippen LogP contribution in [0.4, 0.5) is 0 Å². The van der Waals surface area contributed by atoms with Crippen LogP contribution in [-0.2, 0) is 0 Å². The topological polar surface area (TPSA) is 50.8 Å². The number of para-hydroxylation sites is 2. The average molecular weight is 684 g/mol. The van der Waals surface area contributed by atoms with Crippen LogP contribution in [-0.4, -0.2) is 16.5 Å². The third-order valence-electron chi connectivity index (χ3n) is 10.4. The van der Waals surface area contributed by atoms with Gasteiger partial charge in [-0.25, -0.2) is 9.98 Å². The van der Waals surface area contributed by atoms with Crippen LogP contribution in [0.25, 0.3) is 75.0 Å². The fraction of sp³-hybridized carbons (Fsp3) is 0.0426. The number of pyridine rings is 1. The summed E-state index contributed by atoms with van der Waals surface area (Å²) in [6.45, 7) is 0. The molecule has 1 aliphatic rings. The van der Waals surface area contributed by atoms with E-state index >= 15 is 0 Å². The molecule has 1 atom stereocenters. The molecule has 0 fully saturated rings. The molecule has 0 bridgehead atoms. The first-order valence-corrected chi connectivity index (χ1v) is 18.4. The zero-order chi connectivity index (χ0) is 34.2. The van der Waals surface area contributed by atoms with Gasteiger partial charge in [0.05, 0.1) is 33.2 Å². The Morgan fingerprint density at radius 1 is 0.538 bits per heavy atom. The number of benzene rings is 7. The highest BCUT2D eigenvalue weighted by Gasteiger charge is 2.26. The standard InChI is InChI=1S/C47H29N3OS/c1-2-13-28(14-3-1)39-27-40(49-47(48-39)38-22-12-21-35-32-17-8-10-23-41(32)51-45(35)38)31-25-26-34(30-16-5-4-15-29(30)31)43-33-18-6-7-19-36(33)46-44(50-43)37-20-9-11-24-42(37)52-46/h1-26,40H,27H2. The number of fused-ring (bicyclic) bond motifs is 9. The second-order valence-corrected chi connectivity index (χ2v) is 14.5. The Balaban J connectivity index is 1.12. The molecule has 4 nitrogen and oxygen atoms in total. The second-order valence-electron chi connectivity index (χ2n) is 13.4. The van der Waals surface area contributed by atoms with E-state index in [1.807, 2.05) is 23.5 Å². The minimum atomic E-state index is -0.158. The molecule has 0 aliphatic carbocycles. The van der Waals surface area contributed by atoms with E-state index in [-0.39, 0.29) is 6.04 Å². The van der Waals surface area contributed by atoms with Gasteiger partial charge in [-0.15, -0.1) is 11.3 Å². The van der Waals surface area contributed by atoms with Crippen molar-refractivity contribution in [2.24, 2.45) is 9.98 Å². The van der Waals surface area contributed by atoms with Gasteiger partial charge in [0.1, 0.15) is 11.2 Å². The molecule has 0 saturated heterocycles. The molecule has 7 aromatic carbocycles. The molecule has 11 rings (SSSR count). The first kappa shape index (κ1) is 29.3. The van der Waals surface area contributed by atoms with Crippen LogP contribution in [0, 0.1) is 0 Å². The van der Waals surface area contributed by atoms with Crippen molar-refractivity contribution in [1.29, 1.82) is 0 Å². The van der Waals surface area contributed by atoms with Crippen LogP contribution < -0.4 is 0 Å². The van der Waals surface area contributed by atoms with E-state index in [1.54, 1.807) is 0 Å². The Hall–Kier alpha value is -6.43. The van der Waals surface area contributed by atoms with E-state index in [4.69, 9.17) is 19.4 Å². The van der Waals surface area contributed by atoms with E-state index < -0.39 is 0 Å². The lowest BCUT2D eigenvalue weighted by Crippen LogP contribution is -2.17. The summed E-state index contributed by atoms with van der Waals surface area (Å²) in [5.41, 5.74) is 9.05. The maximum atomic E-state index is 6.48. The van der Waals surface area contributed by atoms with Crippen molar-refractivity contribution in [3.8, 4) is 11.3 Å². The zero-order valence-electron chi connectivity index (χ0n) is 28.0. The lowest BCUT2D eigenvalue weighted by molar-refractivity contribution is 0.667. The molecule has 0 amide bonds. The van der Waals surface area contributed by atoms with Crippen molar-refractivity contribution in [1.82, 2.24) is 4.98 Å². The number of hydrogen-bond donors (Lipinski definition) is 0. The largest absolute Gasteiger partial charge is 0.455 e. The van der Waals surface area contributed by atoms with Gasteiger partial charge in [0.2, 0.25) is 0 Å². The minimum Gasteiger partial charge on any atom is -0.455 e. The molecular weight excluding hydrogens is 655 g/mol. The maximum Gasteiger partial charge on any atom is 0.159 e. The Labute approximate surface area is 303 Å². The van der Waals surface area contributed by atoms with Crippen LogP contribution in [0.2, 0.25) is 0 Å². The van der Waals surface area contributed by atoms with Crippen molar-refractivity contribution < 1.29 is 4.42 Å². The fourth-order valence-corrected chi connectivity index (χ4v) is 9.22.